The van der Waals surface area contributed by atoms with Gasteiger partial charge in [0.05, 0.1) is 11.5 Å². The molecule has 0 aromatic heterocycles. The van der Waals surface area contributed by atoms with Crippen molar-refractivity contribution in [2.24, 2.45) is 0 Å². The van der Waals surface area contributed by atoms with Crippen LogP contribution < -0.4 is 10.6 Å². The number of nitrogens with one attached hydrogen (secondary N) is 2. The van der Waals surface area contributed by atoms with Gasteiger partial charge in [-0.2, -0.15) is 0 Å². The molecule has 0 aliphatic rings. The summed E-state index contributed by atoms with van der Waals surface area (Å²) in [4.78, 5) is 23.3. The van der Waals surface area contributed by atoms with E-state index in [-0.39, 0.29) is 24.1 Å². The van der Waals surface area contributed by atoms with Crippen molar-refractivity contribution >= 4 is 47.5 Å². The lowest BCUT2D eigenvalue weighted by Gasteiger charge is -2.05. The first-order valence-electron chi connectivity index (χ1n) is 6.47. The van der Waals surface area contributed by atoms with Crippen molar-refractivity contribution in [3.63, 3.8) is 0 Å². The quantitative estimate of drug-likeness (QED) is 0.530. The standard InChI is InChI=1S/C14H19ClN2O2S.ClH/c1-2-16-7-8-17-14(19)10-20-9-13(18)11-3-5-12(15)6-4-11;/h3-6,16H,2,7-10H2,1H3,(H,17,19);1H. The predicted molar refractivity (Wildman–Crippen MR) is 91.9 cm³/mol. The first-order chi connectivity index (χ1) is 9.63. The van der Waals surface area contributed by atoms with E-state index in [1.54, 1.807) is 24.3 Å². The number of hydrogen-bond donors (Lipinski definition) is 2. The molecule has 21 heavy (non-hydrogen) atoms. The van der Waals surface area contributed by atoms with Gasteiger partial charge in [-0.3, -0.25) is 9.59 Å². The molecule has 1 aromatic carbocycles. The molecular weight excluding hydrogens is 331 g/mol. The number of carbonyl (C=O) groups is 2. The largest absolute Gasteiger partial charge is 0.354 e. The van der Waals surface area contributed by atoms with Crippen LogP contribution in [-0.4, -0.2) is 42.8 Å². The Morgan fingerprint density at radius 1 is 1.14 bits per heavy atom. The number of carbonyl (C=O) groups excluding carboxylic acids is 2. The molecular formula is C14H20Cl2N2O2S. The van der Waals surface area contributed by atoms with Crippen LogP contribution in [0.25, 0.3) is 0 Å². The molecule has 0 aliphatic heterocycles. The fraction of sp³-hybridized carbons (Fsp3) is 0.429. The molecule has 0 spiro atoms. The summed E-state index contributed by atoms with van der Waals surface area (Å²) < 4.78 is 0. The maximum Gasteiger partial charge on any atom is 0.230 e. The van der Waals surface area contributed by atoms with Crippen molar-refractivity contribution in [1.82, 2.24) is 10.6 Å². The van der Waals surface area contributed by atoms with E-state index in [0.29, 0.717) is 28.6 Å². The number of benzene rings is 1. The van der Waals surface area contributed by atoms with Crippen molar-refractivity contribution in [2.45, 2.75) is 6.92 Å². The van der Waals surface area contributed by atoms with Crippen LogP contribution in [0.3, 0.4) is 0 Å². The zero-order valence-electron chi connectivity index (χ0n) is 11.9. The summed E-state index contributed by atoms with van der Waals surface area (Å²) in [6.45, 7) is 4.27. The number of ketones is 1. The third-order valence-corrected chi connectivity index (χ3v) is 3.69. The highest BCUT2D eigenvalue weighted by atomic mass is 35.5. The monoisotopic (exact) mass is 350 g/mol. The second-order valence-electron chi connectivity index (χ2n) is 4.13. The van der Waals surface area contributed by atoms with Gasteiger partial charge in [-0.15, -0.1) is 24.2 Å². The van der Waals surface area contributed by atoms with Gasteiger partial charge in [0, 0.05) is 23.7 Å². The Morgan fingerprint density at radius 2 is 1.81 bits per heavy atom. The Balaban J connectivity index is 0.00000400. The minimum Gasteiger partial charge on any atom is -0.354 e. The van der Waals surface area contributed by atoms with Crippen molar-refractivity contribution in [1.29, 1.82) is 0 Å². The lowest BCUT2D eigenvalue weighted by molar-refractivity contribution is -0.118. The highest BCUT2D eigenvalue weighted by Gasteiger charge is 2.07. The third-order valence-electron chi connectivity index (χ3n) is 2.51. The average Bonchev–Trinajstić information content (AvgIpc) is 2.44. The van der Waals surface area contributed by atoms with Gasteiger partial charge >= 0.3 is 0 Å². The maximum atomic E-state index is 11.8. The lowest BCUT2D eigenvalue weighted by atomic mass is 10.1. The molecule has 0 saturated carbocycles. The molecule has 118 valence electrons. The molecule has 1 aromatic rings. The number of amides is 1. The molecule has 0 saturated heterocycles. The molecule has 0 heterocycles. The van der Waals surface area contributed by atoms with Crippen molar-refractivity contribution in [3.8, 4) is 0 Å². The molecule has 0 bridgehead atoms. The Kier molecular flexibility index (Phi) is 11.4. The second-order valence-corrected chi connectivity index (χ2v) is 5.55. The van der Waals surface area contributed by atoms with Crippen LogP contribution in [0.5, 0.6) is 0 Å². The smallest absolute Gasteiger partial charge is 0.230 e. The van der Waals surface area contributed by atoms with Gasteiger partial charge in [-0.25, -0.2) is 0 Å². The van der Waals surface area contributed by atoms with Crippen LogP contribution in [0.2, 0.25) is 5.02 Å². The van der Waals surface area contributed by atoms with Crippen LogP contribution in [-0.2, 0) is 4.79 Å². The zero-order chi connectivity index (χ0) is 14.8. The number of rotatable bonds is 9. The lowest BCUT2D eigenvalue weighted by Crippen LogP contribution is -2.32. The summed E-state index contributed by atoms with van der Waals surface area (Å²) in [7, 11) is 0. The van der Waals surface area contributed by atoms with E-state index in [0.717, 1.165) is 13.1 Å². The molecule has 0 atom stereocenters. The van der Waals surface area contributed by atoms with Gasteiger partial charge in [-0.05, 0) is 30.8 Å². The van der Waals surface area contributed by atoms with Gasteiger partial charge < -0.3 is 10.6 Å². The van der Waals surface area contributed by atoms with Crippen LogP contribution in [0.4, 0.5) is 0 Å². The fourth-order valence-corrected chi connectivity index (χ4v) is 2.34. The molecule has 4 nitrogen and oxygen atoms in total. The van der Waals surface area contributed by atoms with Gasteiger partial charge in [-0.1, -0.05) is 18.5 Å². The fourth-order valence-electron chi connectivity index (χ4n) is 1.47. The van der Waals surface area contributed by atoms with E-state index >= 15 is 0 Å². The summed E-state index contributed by atoms with van der Waals surface area (Å²) >= 11 is 7.08. The summed E-state index contributed by atoms with van der Waals surface area (Å²) in [6, 6.07) is 6.77. The maximum absolute atomic E-state index is 11.8. The number of hydrogen-bond acceptors (Lipinski definition) is 4. The van der Waals surface area contributed by atoms with Gasteiger partial charge in [0.25, 0.3) is 0 Å². The van der Waals surface area contributed by atoms with E-state index in [1.807, 2.05) is 6.92 Å². The SMILES string of the molecule is CCNCCNC(=O)CSCC(=O)c1ccc(Cl)cc1.Cl. The van der Waals surface area contributed by atoms with Crippen LogP contribution >= 0.6 is 35.8 Å². The molecule has 0 radical (unpaired) electrons. The zero-order valence-corrected chi connectivity index (χ0v) is 14.2. The Labute approximate surface area is 140 Å². The molecule has 0 aliphatic carbocycles. The van der Waals surface area contributed by atoms with Gasteiger partial charge in [0.1, 0.15) is 0 Å². The topological polar surface area (TPSA) is 58.2 Å². The summed E-state index contributed by atoms with van der Waals surface area (Å²) in [5.41, 5.74) is 0.620. The third kappa shape index (κ3) is 8.98. The molecule has 7 heteroatoms. The van der Waals surface area contributed by atoms with Crippen LogP contribution in [0, 0.1) is 0 Å². The average molecular weight is 351 g/mol. The summed E-state index contributed by atoms with van der Waals surface area (Å²) in [6.07, 6.45) is 0. The number of Topliss-reactive ketones (excluding diaryl/α,β-unsaturated/α-hetero) is 1. The summed E-state index contributed by atoms with van der Waals surface area (Å²) in [5, 5.41) is 6.51. The minimum absolute atomic E-state index is 0. The second kappa shape index (κ2) is 11.9. The molecule has 1 rings (SSSR count). The number of thioether (sulfide) groups is 1. The summed E-state index contributed by atoms with van der Waals surface area (Å²) in [5.74, 6) is 0.553. The Morgan fingerprint density at radius 3 is 2.43 bits per heavy atom. The molecule has 2 N–H and O–H groups in total. The highest BCUT2D eigenvalue weighted by Crippen LogP contribution is 2.12. The van der Waals surface area contributed by atoms with Gasteiger partial charge in [0.2, 0.25) is 5.91 Å². The molecule has 0 fully saturated rings. The van der Waals surface area contributed by atoms with Crippen molar-refractivity contribution in [2.75, 3.05) is 31.1 Å². The van der Waals surface area contributed by atoms with E-state index in [2.05, 4.69) is 10.6 Å². The van der Waals surface area contributed by atoms with E-state index in [1.165, 1.54) is 11.8 Å². The Hall–Kier alpha value is -0.750. The first kappa shape index (κ1) is 20.2. The first-order valence-corrected chi connectivity index (χ1v) is 8.00. The predicted octanol–water partition coefficient (Wildman–Crippen LogP) is 2.40. The Bertz CT molecular complexity index is 441. The number of halogens is 2. The number of likely N-dealkylation sites (N-methyl/N-ethyl adjacent to an activating group) is 1. The van der Waals surface area contributed by atoms with Crippen molar-refractivity contribution < 1.29 is 9.59 Å². The van der Waals surface area contributed by atoms with Gasteiger partial charge in [0.15, 0.2) is 5.78 Å². The highest BCUT2D eigenvalue weighted by molar-refractivity contribution is 8.00. The van der Waals surface area contributed by atoms with E-state index in [9.17, 15) is 9.59 Å². The normalized spacial score (nSPS) is 9.81. The van der Waals surface area contributed by atoms with E-state index < -0.39 is 0 Å². The van der Waals surface area contributed by atoms with Crippen LogP contribution in [0.15, 0.2) is 24.3 Å². The van der Waals surface area contributed by atoms with E-state index in [4.69, 9.17) is 11.6 Å². The molecule has 1 amide bonds. The van der Waals surface area contributed by atoms with Crippen LogP contribution in [0.1, 0.15) is 17.3 Å². The minimum atomic E-state index is -0.0446. The van der Waals surface area contributed by atoms with Crippen molar-refractivity contribution in [3.05, 3.63) is 34.9 Å². The molecule has 0 unspecified atom stereocenters.